The van der Waals surface area contributed by atoms with Crippen LogP contribution in [0, 0.1) is 12.8 Å². The second kappa shape index (κ2) is 8.48. The number of likely N-dealkylation sites (tertiary alicyclic amines) is 1. The summed E-state index contributed by atoms with van der Waals surface area (Å²) in [6.45, 7) is 4.78. The molecule has 1 saturated heterocycles. The van der Waals surface area contributed by atoms with Crippen LogP contribution in [0.15, 0.2) is 11.7 Å². The summed E-state index contributed by atoms with van der Waals surface area (Å²) in [5.74, 6) is 0.548. The fourth-order valence-corrected chi connectivity index (χ4v) is 4.73. The summed E-state index contributed by atoms with van der Waals surface area (Å²) >= 11 is 1.69. The first-order valence-electron chi connectivity index (χ1n) is 10.0. The zero-order valence-corrected chi connectivity index (χ0v) is 16.7. The van der Waals surface area contributed by atoms with E-state index in [1.165, 1.54) is 19.3 Å². The van der Waals surface area contributed by atoms with Crippen molar-refractivity contribution in [2.75, 3.05) is 18.4 Å². The van der Waals surface area contributed by atoms with Gasteiger partial charge in [-0.2, -0.15) is 0 Å². The minimum absolute atomic E-state index is 0.0417. The number of rotatable bonds is 5. The lowest BCUT2D eigenvalue weighted by molar-refractivity contribution is -0.121. The molecular weight excluding hydrogens is 360 g/mol. The number of aryl methyl sites for hydroxylation is 1. The van der Waals surface area contributed by atoms with E-state index >= 15 is 0 Å². The van der Waals surface area contributed by atoms with Gasteiger partial charge in [-0.05, 0) is 45.7 Å². The van der Waals surface area contributed by atoms with Crippen molar-refractivity contribution >= 4 is 23.2 Å². The first kappa shape index (κ1) is 18.6. The molecule has 2 aromatic rings. The molecule has 4 rings (SSSR count). The molecule has 0 spiro atoms. The van der Waals surface area contributed by atoms with Crippen molar-refractivity contribution in [3.8, 4) is 0 Å². The molecule has 1 amide bonds. The number of nitrogens with zero attached hydrogens (tertiary/aromatic N) is 5. The highest BCUT2D eigenvalue weighted by atomic mass is 32.1. The van der Waals surface area contributed by atoms with E-state index in [1.54, 1.807) is 17.7 Å². The Labute approximate surface area is 164 Å². The number of anilines is 1. The van der Waals surface area contributed by atoms with Crippen molar-refractivity contribution in [3.05, 3.63) is 22.4 Å². The molecule has 0 atom stereocenters. The first-order valence-corrected chi connectivity index (χ1v) is 10.9. The molecule has 0 aromatic carbocycles. The van der Waals surface area contributed by atoms with Crippen molar-refractivity contribution < 1.29 is 4.79 Å². The van der Waals surface area contributed by atoms with Crippen molar-refractivity contribution in [3.63, 3.8) is 0 Å². The van der Waals surface area contributed by atoms with Gasteiger partial charge in [-0.1, -0.05) is 19.3 Å². The molecule has 7 nitrogen and oxygen atoms in total. The number of hydrogen-bond donors (Lipinski definition) is 1. The number of aromatic nitrogens is 4. The molecule has 0 bridgehead atoms. The zero-order chi connectivity index (χ0) is 18.6. The van der Waals surface area contributed by atoms with Gasteiger partial charge < -0.3 is 0 Å². The van der Waals surface area contributed by atoms with Crippen molar-refractivity contribution in [2.24, 2.45) is 5.92 Å². The summed E-state index contributed by atoms with van der Waals surface area (Å²) in [5, 5.41) is 10.7. The maximum atomic E-state index is 12.6. The van der Waals surface area contributed by atoms with Crippen LogP contribution in [-0.4, -0.2) is 43.6 Å². The molecule has 2 aliphatic rings. The normalized spacial score (nSPS) is 20.0. The predicted molar refractivity (Wildman–Crippen MR) is 106 cm³/mol. The van der Waals surface area contributed by atoms with E-state index in [9.17, 15) is 4.79 Å². The largest absolute Gasteiger partial charge is 0.297 e. The average molecular weight is 389 g/mol. The summed E-state index contributed by atoms with van der Waals surface area (Å²) < 4.78 is 1.94. The molecule has 1 N–H and O–H groups in total. The average Bonchev–Trinajstić information content (AvgIpc) is 3.32. The molecule has 1 aliphatic carbocycles. The Morgan fingerprint density at radius 1 is 1.22 bits per heavy atom. The Morgan fingerprint density at radius 3 is 2.70 bits per heavy atom. The van der Waals surface area contributed by atoms with E-state index in [0.29, 0.717) is 12.0 Å². The molecule has 0 radical (unpaired) electrons. The lowest BCUT2D eigenvalue weighted by atomic mass is 9.96. The summed E-state index contributed by atoms with van der Waals surface area (Å²) in [4.78, 5) is 23.8. The van der Waals surface area contributed by atoms with Crippen LogP contribution in [0.25, 0.3) is 0 Å². The minimum atomic E-state index is 0.0417. The number of hydrogen-bond acceptors (Lipinski definition) is 6. The number of thiazole rings is 1. The van der Waals surface area contributed by atoms with Gasteiger partial charge in [0.25, 0.3) is 0 Å². The number of amides is 1. The smallest absolute Gasteiger partial charge is 0.248 e. The van der Waals surface area contributed by atoms with Crippen molar-refractivity contribution in [2.45, 2.75) is 64.5 Å². The van der Waals surface area contributed by atoms with Crippen LogP contribution in [0.5, 0.6) is 0 Å². The molecule has 27 heavy (non-hydrogen) atoms. The van der Waals surface area contributed by atoms with E-state index in [-0.39, 0.29) is 11.8 Å². The van der Waals surface area contributed by atoms with Crippen LogP contribution in [-0.2, 0) is 11.3 Å². The molecule has 2 aromatic heterocycles. The Bertz CT molecular complexity index is 758. The number of carbonyl (C=O) groups excluding carboxylic acids is 1. The Morgan fingerprint density at radius 2 is 2.00 bits per heavy atom. The van der Waals surface area contributed by atoms with Crippen molar-refractivity contribution in [1.29, 1.82) is 0 Å². The highest BCUT2D eigenvalue weighted by Crippen LogP contribution is 2.27. The van der Waals surface area contributed by atoms with Gasteiger partial charge >= 0.3 is 0 Å². The quantitative estimate of drug-likeness (QED) is 0.850. The predicted octanol–water partition coefficient (Wildman–Crippen LogP) is 3.40. The van der Waals surface area contributed by atoms with Gasteiger partial charge in [0.05, 0.1) is 16.7 Å². The van der Waals surface area contributed by atoms with E-state index in [4.69, 9.17) is 0 Å². The number of piperidine rings is 1. The topological polar surface area (TPSA) is 75.9 Å². The third-order valence-electron chi connectivity index (χ3n) is 5.70. The second-order valence-corrected chi connectivity index (χ2v) is 8.80. The molecule has 0 unspecified atom stereocenters. The zero-order valence-electron chi connectivity index (χ0n) is 15.9. The minimum Gasteiger partial charge on any atom is -0.297 e. The van der Waals surface area contributed by atoms with Crippen LogP contribution in [0.4, 0.5) is 5.95 Å². The van der Waals surface area contributed by atoms with E-state index in [2.05, 4.69) is 30.7 Å². The lowest BCUT2D eigenvalue weighted by Crippen LogP contribution is -2.38. The SMILES string of the molecule is Cc1nc(CN2CCC(C(=O)Nc3ncn(C4CCCCC4)n3)CC2)cs1. The molecule has 1 saturated carbocycles. The van der Waals surface area contributed by atoms with Crippen LogP contribution in [0.1, 0.15) is 61.7 Å². The van der Waals surface area contributed by atoms with Crippen LogP contribution in [0.3, 0.4) is 0 Å². The van der Waals surface area contributed by atoms with E-state index in [1.807, 2.05) is 11.6 Å². The van der Waals surface area contributed by atoms with E-state index < -0.39 is 0 Å². The molecule has 146 valence electrons. The molecule has 2 fully saturated rings. The molecule has 3 heterocycles. The Hall–Kier alpha value is -1.80. The Balaban J connectivity index is 1.25. The lowest BCUT2D eigenvalue weighted by Gasteiger charge is -2.30. The van der Waals surface area contributed by atoms with Gasteiger partial charge in [0, 0.05) is 17.8 Å². The van der Waals surface area contributed by atoms with Crippen molar-refractivity contribution in [1.82, 2.24) is 24.6 Å². The standard InChI is InChI=1S/C19H28N6OS/c1-14-21-16(12-27-14)11-24-9-7-15(8-10-24)18(26)22-19-20-13-25(23-19)17-5-3-2-4-6-17/h12-13,15,17H,2-11H2,1H3,(H,22,23,26). The van der Waals surface area contributed by atoms with Crippen LogP contribution >= 0.6 is 11.3 Å². The number of nitrogens with one attached hydrogen (secondary N) is 1. The van der Waals surface area contributed by atoms with Crippen LogP contribution < -0.4 is 5.32 Å². The molecule has 8 heteroatoms. The molecular formula is C19H28N6OS. The summed E-state index contributed by atoms with van der Waals surface area (Å²) in [6, 6.07) is 0.439. The third-order valence-corrected chi connectivity index (χ3v) is 6.53. The Kier molecular flexibility index (Phi) is 5.83. The molecule has 1 aliphatic heterocycles. The second-order valence-electron chi connectivity index (χ2n) is 7.74. The van der Waals surface area contributed by atoms with Gasteiger partial charge in [0.15, 0.2) is 0 Å². The summed E-state index contributed by atoms with van der Waals surface area (Å²) in [6.07, 6.45) is 9.66. The van der Waals surface area contributed by atoms with Gasteiger partial charge in [0.2, 0.25) is 11.9 Å². The summed E-state index contributed by atoms with van der Waals surface area (Å²) in [7, 11) is 0. The highest BCUT2D eigenvalue weighted by molar-refractivity contribution is 7.09. The maximum Gasteiger partial charge on any atom is 0.248 e. The van der Waals surface area contributed by atoms with Gasteiger partial charge in [-0.3, -0.25) is 15.0 Å². The fourth-order valence-electron chi connectivity index (χ4n) is 4.13. The third kappa shape index (κ3) is 4.73. The highest BCUT2D eigenvalue weighted by Gasteiger charge is 2.26. The summed E-state index contributed by atoms with van der Waals surface area (Å²) in [5.41, 5.74) is 1.14. The van der Waals surface area contributed by atoms with Crippen LogP contribution in [0.2, 0.25) is 0 Å². The fraction of sp³-hybridized carbons (Fsp3) is 0.684. The van der Waals surface area contributed by atoms with Gasteiger partial charge in [0.1, 0.15) is 6.33 Å². The first-order chi connectivity index (χ1) is 13.2. The maximum absolute atomic E-state index is 12.6. The van der Waals surface area contributed by atoms with Gasteiger partial charge in [-0.15, -0.1) is 16.4 Å². The number of carbonyl (C=O) groups is 1. The van der Waals surface area contributed by atoms with E-state index in [0.717, 1.165) is 56.0 Å². The monoisotopic (exact) mass is 388 g/mol. The van der Waals surface area contributed by atoms with Gasteiger partial charge in [-0.25, -0.2) is 14.6 Å².